The zero-order valence-corrected chi connectivity index (χ0v) is 14.0. The van der Waals surface area contributed by atoms with Crippen molar-refractivity contribution >= 4 is 11.8 Å². The Kier molecular flexibility index (Phi) is 4.20. The zero-order chi connectivity index (χ0) is 17.1. The van der Waals surface area contributed by atoms with Crippen LogP contribution in [0, 0.1) is 0 Å². The number of nitrogens with zero attached hydrogens (tertiary/aromatic N) is 5. The van der Waals surface area contributed by atoms with E-state index in [0.29, 0.717) is 11.8 Å². The minimum absolute atomic E-state index is 0.549. The van der Waals surface area contributed by atoms with Gasteiger partial charge in [0.05, 0.1) is 7.11 Å². The summed E-state index contributed by atoms with van der Waals surface area (Å²) >= 11 is 0. The van der Waals surface area contributed by atoms with E-state index in [1.54, 1.807) is 13.3 Å². The van der Waals surface area contributed by atoms with E-state index in [-0.39, 0.29) is 0 Å². The van der Waals surface area contributed by atoms with Gasteiger partial charge in [-0.1, -0.05) is 18.2 Å². The van der Waals surface area contributed by atoms with Gasteiger partial charge < -0.3 is 19.1 Å². The molecule has 0 bridgehead atoms. The molecule has 1 aromatic carbocycles. The lowest BCUT2D eigenvalue weighted by atomic mass is 10.2. The summed E-state index contributed by atoms with van der Waals surface area (Å²) in [5.41, 5.74) is 0.931. The van der Waals surface area contributed by atoms with Crippen molar-refractivity contribution in [2.24, 2.45) is 0 Å². The highest BCUT2D eigenvalue weighted by atomic mass is 16.5. The quantitative estimate of drug-likeness (QED) is 0.724. The van der Waals surface area contributed by atoms with Crippen LogP contribution in [0.15, 0.2) is 53.2 Å². The van der Waals surface area contributed by atoms with Crippen molar-refractivity contribution < 1.29 is 9.26 Å². The molecular weight excluding hydrogens is 318 g/mol. The van der Waals surface area contributed by atoms with Crippen LogP contribution in [0.3, 0.4) is 0 Å². The Bertz CT molecular complexity index is 828. The fourth-order valence-electron chi connectivity index (χ4n) is 2.88. The zero-order valence-electron chi connectivity index (χ0n) is 14.0. The summed E-state index contributed by atoms with van der Waals surface area (Å²) < 4.78 is 10.7. The minimum Gasteiger partial charge on any atom is -0.497 e. The van der Waals surface area contributed by atoms with Crippen molar-refractivity contribution in [3.63, 3.8) is 0 Å². The van der Waals surface area contributed by atoms with Crippen LogP contribution in [0.1, 0.15) is 0 Å². The monoisotopic (exact) mass is 337 g/mol. The summed E-state index contributed by atoms with van der Waals surface area (Å²) in [6.07, 6.45) is 1.77. The van der Waals surface area contributed by atoms with E-state index in [2.05, 4.69) is 24.9 Å². The summed E-state index contributed by atoms with van der Waals surface area (Å²) in [5.74, 6) is 2.93. The van der Waals surface area contributed by atoms with Crippen molar-refractivity contribution in [2.45, 2.75) is 0 Å². The lowest BCUT2D eigenvalue weighted by Crippen LogP contribution is -2.47. The number of hydrogen-bond donors (Lipinski definition) is 0. The Morgan fingerprint density at radius 3 is 2.52 bits per heavy atom. The molecule has 0 aliphatic carbocycles. The number of hydrogen-bond acceptors (Lipinski definition) is 7. The Morgan fingerprint density at radius 2 is 1.76 bits per heavy atom. The van der Waals surface area contributed by atoms with Crippen molar-refractivity contribution in [2.75, 3.05) is 43.1 Å². The topological polar surface area (TPSA) is 67.5 Å². The van der Waals surface area contributed by atoms with Crippen molar-refractivity contribution in [1.82, 2.24) is 15.1 Å². The first-order valence-electron chi connectivity index (χ1n) is 8.22. The van der Waals surface area contributed by atoms with Crippen LogP contribution < -0.4 is 14.5 Å². The summed E-state index contributed by atoms with van der Waals surface area (Å²) in [4.78, 5) is 13.3. The van der Waals surface area contributed by atoms with Gasteiger partial charge in [0.1, 0.15) is 11.6 Å². The molecule has 3 aromatic rings. The molecular formula is C18H19N5O2. The Morgan fingerprint density at radius 1 is 1.00 bits per heavy atom. The van der Waals surface area contributed by atoms with Crippen LogP contribution in [0.5, 0.6) is 5.75 Å². The van der Waals surface area contributed by atoms with E-state index in [4.69, 9.17) is 9.26 Å². The lowest BCUT2D eigenvalue weighted by molar-refractivity contribution is 0.414. The molecule has 0 saturated carbocycles. The maximum absolute atomic E-state index is 5.40. The smallest absolute Gasteiger partial charge is 0.266 e. The predicted molar refractivity (Wildman–Crippen MR) is 94.9 cm³/mol. The first kappa shape index (κ1) is 15.4. The predicted octanol–water partition coefficient (Wildman–Crippen LogP) is 2.47. The van der Waals surface area contributed by atoms with Gasteiger partial charge in [-0.2, -0.15) is 4.98 Å². The molecule has 0 radical (unpaired) electrons. The van der Waals surface area contributed by atoms with Crippen LogP contribution in [0.25, 0.3) is 11.5 Å². The standard InChI is InChI=1S/C18H19N5O2/c1-24-15-7-8-19-16(13-15)22-9-11-23(12-10-22)18-20-17(25-21-18)14-5-3-2-4-6-14/h2-8,13H,9-12H2,1H3. The molecule has 1 aliphatic heterocycles. The Hall–Kier alpha value is -3.09. The third kappa shape index (κ3) is 3.26. The fourth-order valence-corrected chi connectivity index (χ4v) is 2.88. The molecule has 25 heavy (non-hydrogen) atoms. The van der Waals surface area contributed by atoms with Gasteiger partial charge in [-0.3, -0.25) is 0 Å². The van der Waals surface area contributed by atoms with Gasteiger partial charge in [0, 0.05) is 44.0 Å². The number of rotatable bonds is 4. The first-order valence-corrected chi connectivity index (χ1v) is 8.22. The summed E-state index contributed by atoms with van der Waals surface area (Å²) in [5, 5.41) is 4.13. The van der Waals surface area contributed by atoms with E-state index in [9.17, 15) is 0 Å². The second kappa shape index (κ2) is 6.80. The maximum Gasteiger partial charge on any atom is 0.266 e. The normalized spacial score (nSPS) is 14.6. The number of benzene rings is 1. The van der Waals surface area contributed by atoms with Gasteiger partial charge in [-0.25, -0.2) is 4.98 Å². The lowest BCUT2D eigenvalue weighted by Gasteiger charge is -2.34. The van der Waals surface area contributed by atoms with Gasteiger partial charge in [0.15, 0.2) is 0 Å². The summed E-state index contributed by atoms with van der Waals surface area (Å²) in [6.45, 7) is 3.31. The molecule has 0 unspecified atom stereocenters. The molecule has 7 nitrogen and oxygen atoms in total. The third-order valence-electron chi connectivity index (χ3n) is 4.28. The molecule has 1 saturated heterocycles. The second-order valence-corrected chi connectivity index (χ2v) is 5.79. The number of anilines is 2. The number of piperazine rings is 1. The van der Waals surface area contributed by atoms with Crippen LogP contribution in [-0.4, -0.2) is 48.4 Å². The van der Waals surface area contributed by atoms with Crippen LogP contribution >= 0.6 is 0 Å². The molecule has 4 rings (SSSR count). The summed E-state index contributed by atoms with van der Waals surface area (Å²) in [7, 11) is 1.66. The largest absolute Gasteiger partial charge is 0.497 e. The molecule has 0 atom stereocenters. The van der Waals surface area contributed by atoms with Crippen molar-refractivity contribution in [3.8, 4) is 17.2 Å². The van der Waals surface area contributed by atoms with Gasteiger partial charge in [0.2, 0.25) is 0 Å². The highest BCUT2D eigenvalue weighted by Crippen LogP contribution is 2.23. The summed E-state index contributed by atoms with van der Waals surface area (Å²) in [6, 6.07) is 13.6. The van der Waals surface area contributed by atoms with Crippen LogP contribution in [-0.2, 0) is 0 Å². The second-order valence-electron chi connectivity index (χ2n) is 5.79. The minimum atomic E-state index is 0.549. The molecule has 3 heterocycles. The van der Waals surface area contributed by atoms with E-state index >= 15 is 0 Å². The Balaban J connectivity index is 1.43. The third-order valence-corrected chi connectivity index (χ3v) is 4.28. The van der Waals surface area contributed by atoms with Crippen molar-refractivity contribution in [1.29, 1.82) is 0 Å². The Labute approximate surface area is 145 Å². The van der Waals surface area contributed by atoms with E-state index in [0.717, 1.165) is 43.3 Å². The SMILES string of the molecule is COc1ccnc(N2CCN(c3noc(-c4ccccc4)n3)CC2)c1. The number of ether oxygens (including phenoxy) is 1. The molecule has 2 aromatic heterocycles. The number of pyridine rings is 1. The number of methoxy groups -OCH3 is 1. The molecule has 0 amide bonds. The molecule has 0 spiro atoms. The van der Waals surface area contributed by atoms with Crippen molar-refractivity contribution in [3.05, 3.63) is 48.7 Å². The average Bonchev–Trinajstić information content (AvgIpc) is 3.19. The molecule has 128 valence electrons. The average molecular weight is 337 g/mol. The molecule has 1 aliphatic rings. The first-order chi connectivity index (χ1) is 12.3. The van der Waals surface area contributed by atoms with E-state index in [1.807, 2.05) is 42.5 Å². The maximum atomic E-state index is 5.40. The molecule has 0 N–H and O–H groups in total. The number of aromatic nitrogens is 3. The van der Waals surface area contributed by atoms with E-state index in [1.165, 1.54) is 0 Å². The highest BCUT2D eigenvalue weighted by Gasteiger charge is 2.22. The molecule has 1 fully saturated rings. The van der Waals surface area contributed by atoms with Gasteiger partial charge in [0.25, 0.3) is 11.8 Å². The van der Waals surface area contributed by atoms with Gasteiger partial charge >= 0.3 is 0 Å². The van der Waals surface area contributed by atoms with Gasteiger partial charge in [-0.15, -0.1) is 0 Å². The van der Waals surface area contributed by atoms with E-state index < -0.39 is 0 Å². The molecule has 7 heteroatoms. The fraction of sp³-hybridized carbons (Fsp3) is 0.278. The van der Waals surface area contributed by atoms with Crippen LogP contribution in [0.2, 0.25) is 0 Å². The van der Waals surface area contributed by atoms with Gasteiger partial charge in [-0.05, 0) is 23.4 Å². The highest BCUT2D eigenvalue weighted by molar-refractivity contribution is 5.54. The van der Waals surface area contributed by atoms with Crippen LogP contribution in [0.4, 0.5) is 11.8 Å².